The number of hydrogen-bond acceptors (Lipinski definition) is 1. The molecule has 0 spiro atoms. The van der Waals surface area contributed by atoms with Crippen LogP contribution in [0.3, 0.4) is 0 Å². The maximum absolute atomic E-state index is 2.43. The van der Waals surface area contributed by atoms with Crippen molar-refractivity contribution in [3.8, 4) is 33.4 Å². The summed E-state index contributed by atoms with van der Waals surface area (Å²) in [5.41, 5.74) is 15.5. The molecule has 8 aromatic carbocycles. The molecule has 1 heteroatoms. The Kier molecular flexibility index (Phi) is 7.44. The summed E-state index contributed by atoms with van der Waals surface area (Å²) in [6.45, 7) is 0. The predicted molar refractivity (Wildman–Crippen MR) is 209 cm³/mol. The largest absolute Gasteiger partial charge is 0.310 e. The van der Waals surface area contributed by atoms with Crippen LogP contribution in [0.1, 0.15) is 22.3 Å². The molecule has 0 saturated heterocycles. The van der Waals surface area contributed by atoms with Crippen LogP contribution in [0, 0.1) is 0 Å². The zero-order valence-electron chi connectivity index (χ0n) is 27.7. The van der Waals surface area contributed by atoms with Crippen molar-refractivity contribution in [2.24, 2.45) is 0 Å². The van der Waals surface area contributed by atoms with Crippen molar-refractivity contribution in [2.75, 3.05) is 4.90 Å². The van der Waals surface area contributed by atoms with Crippen molar-refractivity contribution >= 4 is 17.1 Å². The molecule has 1 nitrogen and oxygen atoms in total. The molecule has 0 saturated carbocycles. The monoisotopic (exact) mass is 637 g/mol. The Morgan fingerprint density at radius 3 is 1.38 bits per heavy atom. The molecule has 0 heterocycles. The Bertz CT molecular complexity index is 2320. The second kappa shape index (κ2) is 12.5. The molecule has 0 radical (unpaired) electrons. The van der Waals surface area contributed by atoms with Gasteiger partial charge in [0.1, 0.15) is 0 Å². The van der Waals surface area contributed by atoms with Crippen LogP contribution in [0.2, 0.25) is 0 Å². The minimum Gasteiger partial charge on any atom is -0.310 e. The molecule has 0 fully saturated rings. The van der Waals surface area contributed by atoms with Crippen molar-refractivity contribution in [3.05, 3.63) is 235 Å². The number of benzene rings is 8. The predicted octanol–water partition coefficient (Wildman–Crippen LogP) is 12.9. The second-order valence-electron chi connectivity index (χ2n) is 12.9. The zero-order chi connectivity index (χ0) is 33.3. The van der Waals surface area contributed by atoms with Gasteiger partial charge in [0.25, 0.3) is 0 Å². The normalized spacial score (nSPS) is 12.6. The first-order valence-corrected chi connectivity index (χ1v) is 17.3. The zero-order valence-corrected chi connectivity index (χ0v) is 27.7. The van der Waals surface area contributed by atoms with E-state index < -0.39 is 5.41 Å². The first-order chi connectivity index (χ1) is 24.8. The van der Waals surface area contributed by atoms with E-state index in [9.17, 15) is 0 Å². The standard InChI is InChI=1S/C49H35N/c1-6-18-36(19-7-1)43-32-31-42(50(40-24-12-4-13-25-40)41-26-14-5-15-27-41)35-45(43)37-30-33-48-46(34-37)44-28-16-17-29-47(44)49(48,38-20-8-2-9-21-38)39-22-10-3-11-23-39/h1-35H. The lowest BCUT2D eigenvalue weighted by Gasteiger charge is -2.34. The first kappa shape index (κ1) is 29.7. The smallest absolute Gasteiger partial charge is 0.0713 e. The molecule has 0 amide bonds. The van der Waals surface area contributed by atoms with Gasteiger partial charge in [-0.2, -0.15) is 0 Å². The summed E-state index contributed by atoms with van der Waals surface area (Å²) in [6.07, 6.45) is 0. The van der Waals surface area contributed by atoms with Crippen LogP contribution in [0.25, 0.3) is 33.4 Å². The molecule has 8 aromatic rings. The van der Waals surface area contributed by atoms with Crippen molar-refractivity contribution in [1.29, 1.82) is 0 Å². The average Bonchev–Trinajstić information content (AvgIpc) is 3.50. The second-order valence-corrected chi connectivity index (χ2v) is 12.9. The first-order valence-electron chi connectivity index (χ1n) is 17.3. The average molecular weight is 638 g/mol. The van der Waals surface area contributed by atoms with E-state index >= 15 is 0 Å². The molecule has 0 aromatic heterocycles. The van der Waals surface area contributed by atoms with E-state index in [1.165, 1.54) is 55.6 Å². The molecular formula is C49H35N. The topological polar surface area (TPSA) is 3.24 Å². The fraction of sp³-hybridized carbons (Fsp3) is 0.0204. The lowest BCUT2D eigenvalue weighted by atomic mass is 9.67. The lowest BCUT2D eigenvalue weighted by Crippen LogP contribution is -2.28. The van der Waals surface area contributed by atoms with Gasteiger partial charge in [-0.05, 0) is 98.1 Å². The maximum Gasteiger partial charge on any atom is 0.0713 e. The van der Waals surface area contributed by atoms with Crippen molar-refractivity contribution < 1.29 is 0 Å². The van der Waals surface area contributed by atoms with Gasteiger partial charge in [-0.1, -0.05) is 170 Å². The summed E-state index contributed by atoms with van der Waals surface area (Å²) in [5.74, 6) is 0. The van der Waals surface area contributed by atoms with Crippen LogP contribution in [-0.2, 0) is 5.41 Å². The van der Waals surface area contributed by atoms with Gasteiger partial charge in [-0.25, -0.2) is 0 Å². The van der Waals surface area contributed by atoms with E-state index in [1.807, 2.05) is 0 Å². The number of hydrogen-bond donors (Lipinski definition) is 0. The van der Waals surface area contributed by atoms with Gasteiger partial charge in [-0.15, -0.1) is 0 Å². The van der Waals surface area contributed by atoms with Crippen LogP contribution in [0.15, 0.2) is 212 Å². The molecule has 0 aliphatic heterocycles. The van der Waals surface area contributed by atoms with Crippen molar-refractivity contribution in [2.45, 2.75) is 5.41 Å². The van der Waals surface area contributed by atoms with Gasteiger partial charge >= 0.3 is 0 Å². The molecule has 1 aliphatic carbocycles. The molecule has 0 atom stereocenters. The third-order valence-electron chi connectivity index (χ3n) is 10.1. The number of rotatable bonds is 7. The lowest BCUT2D eigenvalue weighted by molar-refractivity contribution is 0.768. The Morgan fingerprint density at radius 1 is 0.280 bits per heavy atom. The van der Waals surface area contributed by atoms with E-state index in [1.54, 1.807) is 0 Å². The minimum atomic E-state index is -0.422. The fourth-order valence-corrected chi connectivity index (χ4v) is 8.00. The quantitative estimate of drug-likeness (QED) is 0.168. The van der Waals surface area contributed by atoms with Crippen molar-refractivity contribution in [3.63, 3.8) is 0 Å². The van der Waals surface area contributed by atoms with E-state index in [-0.39, 0.29) is 0 Å². The summed E-state index contributed by atoms with van der Waals surface area (Å²) in [6, 6.07) is 77.1. The number of anilines is 3. The fourth-order valence-electron chi connectivity index (χ4n) is 8.00. The summed E-state index contributed by atoms with van der Waals surface area (Å²) >= 11 is 0. The summed E-state index contributed by atoms with van der Waals surface area (Å²) < 4.78 is 0. The van der Waals surface area contributed by atoms with Crippen LogP contribution in [0.5, 0.6) is 0 Å². The van der Waals surface area contributed by atoms with Gasteiger partial charge in [0, 0.05) is 17.1 Å². The summed E-state index contributed by atoms with van der Waals surface area (Å²) in [5, 5.41) is 0. The van der Waals surface area contributed by atoms with Crippen LogP contribution >= 0.6 is 0 Å². The van der Waals surface area contributed by atoms with Gasteiger partial charge in [0.15, 0.2) is 0 Å². The molecule has 9 rings (SSSR count). The molecular weight excluding hydrogens is 603 g/mol. The maximum atomic E-state index is 2.43. The highest BCUT2D eigenvalue weighted by Crippen LogP contribution is 2.57. The van der Waals surface area contributed by atoms with Crippen LogP contribution in [0.4, 0.5) is 17.1 Å². The van der Waals surface area contributed by atoms with Gasteiger partial charge < -0.3 is 4.90 Å². The van der Waals surface area contributed by atoms with Crippen LogP contribution < -0.4 is 4.90 Å². The third kappa shape index (κ3) is 4.86. The molecule has 50 heavy (non-hydrogen) atoms. The highest BCUT2D eigenvalue weighted by molar-refractivity contribution is 5.93. The third-order valence-corrected chi connectivity index (χ3v) is 10.1. The van der Waals surface area contributed by atoms with E-state index in [0.29, 0.717) is 0 Å². The number of fused-ring (bicyclic) bond motifs is 3. The molecule has 0 unspecified atom stereocenters. The highest BCUT2D eigenvalue weighted by atomic mass is 15.1. The Balaban J connectivity index is 1.30. The Morgan fingerprint density at radius 2 is 0.780 bits per heavy atom. The summed E-state index contributed by atoms with van der Waals surface area (Å²) in [4.78, 5) is 2.34. The molecule has 236 valence electrons. The van der Waals surface area contributed by atoms with Gasteiger partial charge in [-0.3, -0.25) is 0 Å². The van der Waals surface area contributed by atoms with Gasteiger partial charge in [0.2, 0.25) is 0 Å². The number of para-hydroxylation sites is 2. The van der Waals surface area contributed by atoms with Crippen molar-refractivity contribution in [1.82, 2.24) is 0 Å². The van der Waals surface area contributed by atoms with E-state index in [0.717, 1.165) is 17.1 Å². The highest BCUT2D eigenvalue weighted by Gasteiger charge is 2.46. The Hall–Kier alpha value is -6.44. The SMILES string of the molecule is c1ccc(-c2ccc(N(c3ccccc3)c3ccccc3)cc2-c2ccc3c(c2)-c2ccccc2C3(c2ccccc2)c2ccccc2)cc1. The summed E-state index contributed by atoms with van der Waals surface area (Å²) in [7, 11) is 0. The molecule has 0 bridgehead atoms. The Labute approximate surface area is 294 Å². The molecule has 1 aliphatic rings. The van der Waals surface area contributed by atoms with E-state index in [2.05, 4.69) is 217 Å². The van der Waals surface area contributed by atoms with E-state index in [4.69, 9.17) is 0 Å². The van der Waals surface area contributed by atoms with Gasteiger partial charge in [0.05, 0.1) is 5.41 Å². The number of nitrogens with zero attached hydrogens (tertiary/aromatic N) is 1. The van der Waals surface area contributed by atoms with Crippen LogP contribution in [-0.4, -0.2) is 0 Å². The molecule has 0 N–H and O–H groups in total. The minimum absolute atomic E-state index is 0.422.